The molecule has 344 valence electrons. The van der Waals surface area contributed by atoms with E-state index in [1.807, 2.05) is 0 Å². The second-order valence-electron chi connectivity index (χ2n) is 17.8. The van der Waals surface area contributed by atoms with Crippen molar-refractivity contribution in [3.8, 4) is 0 Å². The van der Waals surface area contributed by atoms with Crippen molar-refractivity contribution >= 4 is 17.9 Å². The van der Waals surface area contributed by atoms with Crippen molar-refractivity contribution < 1.29 is 28.6 Å². The minimum absolute atomic E-state index is 0.0617. The van der Waals surface area contributed by atoms with Gasteiger partial charge < -0.3 is 14.2 Å². The largest absolute Gasteiger partial charge is 0.462 e. The first-order valence-corrected chi connectivity index (χ1v) is 26.0. The van der Waals surface area contributed by atoms with Gasteiger partial charge in [-0.2, -0.15) is 0 Å². The van der Waals surface area contributed by atoms with E-state index in [4.69, 9.17) is 14.2 Å². The Bertz CT molecular complexity index is 859. The number of esters is 3. The topological polar surface area (TPSA) is 78.9 Å². The molecule has 0 rings (SSSR count). The third-order valence-corrected chi connectivity index (χ3v) is 11.9. The predicted octanol–water partition coefficient (Wildman–Crippen LogP) is 16.8. The standard InChI is InChI=1S/C52H100O6/c1-4-7-10-13-16-19-22-25-27-30-33-36-39-42-45-51(54)57-48-49(47-56-50(53)44-41-38-35-32-29-24-21-18-15-12-9-6-3)58-52(55)46-43-40-37-34-31-28-26-23-20-17-14-11-8-5-2/h49H,4-48H2,1-3H3/t49-/m0/s1. The van der Waals surface area contributed by atoms with Crippen LogP contribution in [0.4, 0.5) is 0 Å². The summed E-state index contributed by atoms with van der Waals surface area (Å²) in [7, 11) is 0. The highest BCUT2D eigenvalue weighted by Crippen LogP contribution is 2.17. The van der Waals surface area contributed by atoms with Crippen molar-refractivity contribution in [2.75, 3.05) is 13.2 Å². The Hall–Kier alpha value is -1.59. The first-order valence-electron chi connectivity index (χ1n) is 26.0. The molecule has 0 fully saturated rings. The van der Waals surface area contributed by atoms with Gasteiger partial charge in [0.15, 0.2) is 6.10 Å². The summed E-state index contributed by atoms with van der Waals surface area (Å²) in [6.07, 6.45) is 50.8. The number of hydrogen-bond donors (Lipinski definition) is 0. The molecular weight excluding hydrogens is 721 g/mol. The van der Waals surface area contributed by atoms with Gasteiger partial charge in [0.2, 0.25) is 0 Å². The molecule has 0 aromatic rings. The number of rotatable bonds is 48. The first-order chi connectivity index (χ1) is 28.5. The zero-order chi connectivity index (χ0) is 42.3. The Morgan fingerprint density at radius 3 is 0.690 bits per heavy atom. The molecule has 0 aliphatic carbocycles. The van der Waals surface area contributed by atoms with Gasteiger partial charge in [0.05, 0.1) is 0 Å². The van der Waals surface area contributed by atoms with Crippen molar-refractivity contribution in [3.05, 3.63) is 0 Å². The van der Waals surface area contributed by atoms with E-state index in [1.165, 1.54) is 199 Å². The van der Waals surface area contributed by atoms with E-state index >= 15 is 0 Å². The van der Waals surface area contributed by atoms with Gasteiger partial charge in [-0.3, -0.25) is 14.4 Å². The van der Waals surface area contributed by atoms with Gasteiger partial charge in [-0.15, -0.1) is 0 Å². The Labute approximate surface area is 361 Å². The van der Waals surface area contributed by atoms with Gasteiger partial charge in [-0.05, 0) is 19.3 Å². The van der Waals surface area contributed by atoms with Crippen LogP contribution in [-0.4, -0.2) is 37.2 Å². The highest BCUT2D eigenvalue weighted by atomic mass is 16.6. The molecule has 0 bridgehead atoms. The molecule has 0 aliphatic rings. The molecule has 0 amide bonds. The predicted molar refractivity (Wildman–Crippen MR) is 247 cm³/mol. The Balaban J connectivity index is 4.30. The summed E-state index contributed by atoms with van der Waals surface area (Å²) in [5.41, 5.74) is 0. The van der Waals surface area contributed by atoms with Gasteiger partial charge in [0, 0.05) is 19.3 Å². The second-order valence-corrected chi connectivity index (χ2v) is 17.8. The normalized spacial score (nSPS) is 11.8. The molecule has 0 saturated carbocycles. The van der Waals surface area contributed by atoms with Gasteiger partial charge in [-0.25, -0.2) is 0 Å². The van der Waals surface area contributed by atoms with Crippen LogP contribution in [0.1, 0.15) is 297 Å². The summed E-state index contributed by atoms with van der Waals surface area (Å²) < 4.78 is 16.8. The summed E-state index contributed by atoms with van der Waals surface area (Å²) in [5, 5.41) is 0. The molecule has 0 saturated heterocycles. The minimum atomic E-state index is -0.759. The monoisotopic (exact) mass is 821 g/mol. The van der Waals surface area contributed by atoms with Crippen molar-refractivity contribution in [2.24, 2.45) is 0 Å². The van der Waals surface area contributed by atoms with Crippen LogP contribution in [0.3, 0.4) is 0 Å². The summed E-state index contributed by atoms with van der Waals surface area (Å²) in [6, 6.07) is 0. The quantitative estimate of drug-likeness (QED) is 0.0346. The van der Waals surface area contributed by atoms with Gasteiger partial charge in [0.25, 0.3) is 0 Å². The molecule has 0 spiro atoms. The molecule has 58 heavy (non-hydrogen) atoms. The third kappa shape index (κ3) is 45.5. The SMILES string of the molecule is CCCCCCCCCCCCCCCCC(=O)OC[C@H](COC(=O)CCCCCCCCCCCCCC)OC(=O)CCCCCCCCCCCCCCCC. The average molecular weight is 821 g/mol. The van der Waals surface area contributed by atoms with E-state index in [1.54, 1.807) is 0 Å². The lowest BCUT2D eigenvalue weighted by Crippen LogP contribution is -2.30. The number of carbonyl (C=O) groups is 3. The summed E-state index contributed by atoms with van der Waals surface area (Å²) in [4.78, 5) is 37.9. The van der Waals surface area contributed by atoms with E-state index in [2.05, 4.69) is 20.8 Å². The number of unbranched alkanes of at least 4 members (excludes halogenated alkanes) is 37. The van der Waals surface area contributed by atoms with Crippen LogP contribution in [0.5, 0.6) is 0 Å². The summed E-state index contributed by atoms with van der Waals surface area (Å²) in [5.74, 6) is -0.840. The van der Waals surface area contributed by atoms with E-state index < -0.39 is 6.10 Å². The minimum Gasteiger partial charge on any atom is -0.462 e. The van der Waals surface area contributed by atoms with Crippen molar-refractivity contribution in [1.29, 1.82) is 0 Å². The van der Waals surface area contributed by atoms with Crippen LogP contribution in [0.25, 0.3) is 0 Å². The number of carbonyl (C=O) groups excluding carboxylic acids is 3. The Morgan fingerprint density at radius 1 is 0.276 bits per heavy atom. The lowest BCUT2D eigenvalue weighted by molar-refractivity contribution is -0.167. The second kappa shape index (κ2) is 48.1. The fourth-order valence-electron chi connectivity index (χ4n) is 7.92. The Kier molecular flexibility index (Phi) is 46.8. The zero-order valence-electron chi connectivity index (χ0n) is 39.3. The van der Waals surface area contributed by atoms with Crippen LogP contribution in [0.15, 0.2) is 0 Å². The molecule has 0 N–H and O–H groups in total. The molecule has 0 aromatic heterocycles. The summed E-state index contributed by atoms with van der Waals surface area (Å²) in [6.45, 7) is 6.68. The first kappa shape index (κ1) is 56.4. The molecule has 0 unspecified atom stereocenters. The lowest BCUT2D eigenvalue weighted by Gasteiger charge is -2.18. The average Bonchev–Trinajstić information content (AvgIpc) is 3.22. The summed E-state index contributed by atoms with van der Waals surface area (Å²) >= 11 is 0. The van der Waals surface area contributed by atoms with Crippen LogP contribution in [-0.2, 0) is 28.6 Å². The van der Waals surface area contributed by atoms with Crippen LogP contribution < -0.4 is 0 Å². The molecule has 0 aromatic carbocycles. The molecule has 0 heterocycles. The van der Waals surface area contributed by atoms with E-state index in [9.17, 15) is 14.4 Å². The highest BCUT2D eigenvalue weighted by Gasteiger charge is 2.19. The fraction of sp³-hybridized carbons (Fsp3) is 0.942. The maximum Gasteiger partial charge on any atom is 0.306 e. The number of ether oxygens (including phenoxy) is 3. The molecule has 6 nitrogen and oxygen atoms in total. The zero-order valence-corrected chi connectivity index (χ0v) is 39.3. The van der Waals surface area contributed by atoms with Crippen molar-refractivity contribution in [2.45, 2.75) is 303 Å². The van der Waals surface area contributed by atoms with Gasteiger partial charge in [0.1, 0.15) is 13.2 Å². The van der Waals surface area contributed by atoms with E-state index in [0.29, 0.717) is 19.3 Å². The third-order valence-electron chi connectivity index (χ3n) is 11.9. The molecule has 6 heteroatoms. The maximum atomic E-state index is 12.8. The lowest BCUT2D eigenvalue weighted by atomic mass is 10.0. The van der Waals surface area contributed by atoms with Crippen molar-refractivity contribution in [3.63, 3.8) is 0 Å². The highest BCUT2D eigenvalue weighted by molar-refractivity contribution is 5.71. The van der Waals surface area contributed by atoms with Gasteiger partial charge >= 0.3 is 17.9 Å². The Morgan fingerprint density at radius 2 is 0.466 bits per heavy atom. The molecular formula is C52H100O6. The maximum absolute atomic E-state index is 12.8. The van der Waals surface area contributed by atoms with Crippen LogP contribution >= 0.6 is 0 Å². The smallest absolute Gasteiger partial charge is 0.306 e. The fourth-order valence-corrected chi connectivity index (χ4v) is 7.92. The molecule has 1 atom stereocenters. The van der Waals surface area contributed by atoms with E-state index in [0.717, 1.165) is 57.8 Å². The number of hydrogen-bond acceptors (Lipinski definition) is 6. The van der Waals surface area contributed by atoms with E-state index in [-0.39, 0.29) is 31.1 Å². The van der Waals surface area contributed by atoms with Crippen LogP contribution in [0, 0.1) is 0 Å². The van der Waals surface area contributed by atoms with Gasteiger partial charge in [-0.1, -0.05) is 258 Å². The van der Waals surface area contributed by atoms with Crippen LogP contribution in [0.2, 0.25) is 0 Å². The molecule has 0 aliphatic heterocycles. The molecule has 0 radical (unpaired) electrons. The van der Waals surface area contributed by atoms with Crippen molar-refractivity contribution in [1.82, 2.24) is 0 Å².